The first-order chi connectivity index (χ1) is 12.6. The Kier molecular flexibility index (Phi) is 6.36. The molecule has 0 aliphatic carbocycles. The summed E-state index contributed by atoms with van der Waals surface area (Å²) in [7, 11) is 0. The van der Waals surface area contributed by atoms with E-state index in [0.717, 1.165) is 56.0 Å². The maximum Gasteiger partial charge on any atom is 0.238 e. The average molecular weight is 355 g/mol. The molecule has 0 unspecified atom stereocenters. The average Bonchev–Trinajstić information content (AvgIpc) is 2.84. The Labute approximate surface area is 154 Å². The number of benzene rings is 2. The van der Waals surface area contributed by atoms with Gasteiger partial charge in [-0.25, -0.2) is 4.39 Å². The van der Waals surface area contributed by atoms with Gasteiger partial charge in [-0.1, -0.05) is 30.3 Å². The number of hydrogen-bond donors (Lipinski definition) is 1. The van der Waals surface area contributed by atoms with Gasteiger partial charge in [0.05, 0.1) is 6.54 Å². The highest BCUT2D eigenvalue weighted by Gasteiger charge is 2.17. The summed E-state index contributed by atoms with van der Waals surface area (Å²) in [6, 6.07) is 14.5. The number of rotatable bonds is 5. The first kappa shape index (κ1) is 18.5. The fourth-order valence-electron chi connectivity index (χ4n) is 3.29. The van der Waals surface area contributed by atoms with Gasteiger partial charge in [0.1, 0.15) is 5.82 Å². The van der Waals surface area contributed by atoms with Crippen molar-refractivity contribution in [1.29, 1.82) is 0 Å². The minimum atomic E-state index is -0.199. The quantitative estimate of drug-likeness (QED) is 0.894. The van der Waals surface area contributed by atoms with Crippen LogP contribution in [0.1, 0.15) is 17.5 Å². The van der Waals surface area contributed by atoms with Gasteiger partial charge in [0.2, 0.25) is 5.91 Å². The molecule has 138 valence electrons. The zero-order valence-electron chi connectivity index (χ0n) is 15.2. The van der Waals surface area contributed by atoms with Crippen LogP contribution in [-0.2, 0) is 11.3 Å². The molecule has 1 aliphatic heterocycles. The molecule has 1 saturated heterocycles. The number of nitrogens with one attached hydrogen (secondary N) is 1. The minimum absolute atomic E-state index is 0.0336. The van der Waals surface area contributed by atoms with Crippen LogP contribution >= 0.6 is 0 Å². The van der Waals surface area contributed by atoms with E-state index >= 15 is 0 Å². The van der Waals surface area contributed by atoms with Crippen LogP contribution in [0.4, 0.5) is 10.1 Å². The van der Waals surface area contributed by atoms with Crippen molar-refractivity contribution in [2.24, 2.45) is 0 Å². The Morgan fingerprint density at radius 1 is 1.00 bits per heavy atom. The minimum Gasteiger partial charge on any atom is -0.325 e. The van der Waals surface area contributed by atoms with Crippen molar-refractivity contribution in [3.8, 4) is 0 Å². The Bertz CT molecular complexity index is 732. The zero-order chi connectivity index (χ0) is 18.4. The summed E-state index contributed by atoms with van der Waals surface area (Å²) >= 11 is 0. The summed E-state index contributed by atoms with van der Waals surface area (Å²) in [5.41, 5.74) is 3.07. The molecule has 0 saturated carbocycles. The number of carbonyl (C=O) groups excluding carboxylic acids is 1. The van der Waals surface area contributed by atoms with Gasteiger partial charge in [-0.05, 0) is 55.8 Å². The summed E-state index contributed by atoms with van der Waals surface area (Å²) in [6.45, 7) is 6.92. The second-order valence-electron chi connectivity index (χ2n) is 6.90. The molecular weight excluding hydrogens is 329 g/mol. The van der Waals surface area contributed by atoms with Crippen molar-refractivity contribution < 1.29 is 9.18 Å². The van der Waals surface area contributed by atoms with E-state index in [2.05, 4.69) is 15.1 Å². The van der Waals surface area contributed by atoms with Gasteiger partial charge in [0.15, 0.2) is 0 Å². The van der Waals surface area contributed by atoms with Crippen LogP contribution in [0.5, 0.6) is 0 Å². The summed E-state index contributed by atoms with van der Waals surface area (Å²) in [5.74, 6) is -0.165. The SMILES string of the molecule is Cc1ccccc1NC(=O)CN1CCCN(Cc2ccc(F)cc2)CC1. The number of amides is 1. The number of para-hydroxylation sites is 1. The summed E-state index contributed by atoms with van der Waals surface area (Å²) in [6.07, 6.45) is 1.03. The third-order valence-corrected chi connectivity index (χ3v) is 4.79. The summed E-state index contributed by atoms with van der Waals surface area (Å²) < 4.78 is 13.0. The predicted octanol–water partition coefficient (Wildman–Crippen LogP) is 3.28. The van der Waals surface area contributed by atoms with Crippen LogP contribution in [0, 0.1) is 12.7 Å². The maximum absolute atomic E-state index is 13.0. The molecule has 2 aromatic carbocycles. The second kappa shape index (κ2) is 8.92. The molecule has 0 aromatic heterocycles. The molecule has 1 aliphatic rings. The van der Waals surface area contributed by atoms with E-state index in [4.69, 9.17) is 0 Å². The molecule has 5 heteroatoms. The monoisotopic (exact) mass is 355 g/mol. The highest BCUT2D eigenvalue weighted by Crippen LogP contribution is 2.14. The van der Waals surface area contributed by atoms with Crippen molar-refractivity contribution >= 4 is 11.6 Å². The Balaban J connectivity index is 1.48. The largest absolute Gasteiger partial charge is 0.325 e. The first-order valence-corrected chi connectivity index (χ1v) is 9.15. The molecule has 1 heterocycles. The lowest BCUT2D eigenvalue weighted by Crippen LogP contribution is -2.36. The molecule has 0 atom stereocenters. The van der Waals surface area contributed by atoms with E-state index in [9.17, 15) is 9.18 Å². The fraction of sp³-hybridized carbons (Fsp3) is 0.381. The molecule has 1 N–H and O–H groups in total. The van der Waals surface area contributed by atoms with Crippen LogP contribution in [0.2, 0.25) is 0 Å². The lowest BCUT2D eigenvalue weighted by atomic mass is 10.2. The van der Waals surface area contributed by atoms with Gasteiger partial charge < -0.3 is 5.32 Å². The summed E-state index contributed by atoms with van der Waals surface area (Å²) in [4.78, 5) is 16.9. The zero-order valence-corrected chi connectivity index (χ0v) is 15.2. The van der Waals surface area contributed by atoms with E-state index in [-0.39, 0.29) is 11.7 Å². The molecule has 26 heavy (non-hydrogen) atoms. The highest BCUT2D eigenvalue weighted by molar-refractivity contribution is 5.92. The molecular formula is C21H26FN3O. The fourth-order valence-corrected chi connectivity index (χ4v) is 3.29. The smallest absolute Gasteiger partial charge is 0.238 e. The first-order valence-electron chi connectivity index (χ1n) is 9.15. The molecule has 0 bridgehead atoms. The Morgan fingerprint density at radius 3 is 2.46 bits per heavy atom. The van der Waals surface area contributed by atoms with Crippen LogP contribution in [0.15, 0.2) is 48.5 Å². The number of hydrogen-bond acceptors (Lipinski definition) is 3. The predicted molar refractivity (Wildman–Crippen MR) is 103 cm³/mol. The van der Waals surface area contributed by atoms with Gasteiger partial charge >= 0.3 is 0 Å². The lowest BCUT2D eigenvalue weighted by molar-refractivity contribution is -0.117. The number of carbonyl (C=O) groups is 1. The van der Waals surface area contributed by atoms with Crippen LogP contribution in [0.3, 0.4) is 0 Å². The summed E-state index contributed by atoms with van der Waals surface area (Å²) in [5, 5.41) is 3.00. The molecule has 1 fully saturated rings. The van der Waals surface area contributed by atoms with Crippen molar-refractivity contribution in [1.82, 2.24) is 9.80 Å². The van der Waals surface area contributed by atoms with Gasteiger partial charge in [0, 0.05) is 25.3 Å². The number of aryl methyl sites for hydroxylation is 1. The normalized spacial score (nSPS) is 16.2. The number of halogens is 1. The van der Waals surface area contributed by atoms with Crippen LogP contribution < -0.4 is 5.32 Å². The van der Waals surface area contributed by atoms with Gasteiger partial charge in [-0.15, -0.1) is 0 Å². The van der Waals surface area contributed by atoms with Crippen LogP contribution in [0.25, 0.3) is 0 Å². The molecule has 4 nitrogen and oxygen atoms in total. The van der Waals surface area contributed by atoms with Crippen molar-refractivity contribution in [3.05, 3.63) is 65.5 Å². The number of nitrogens with zero attached hydrogens (tertiary/aromatic N) is 2. The Hall–Kier alpha value is -2.24. The third kappa shape index (κ3) is 5.38. The van der Waals surface area contributed by atoms with Crippen molar-refractivity contribution in [3.63, 3.8) is 0 Å². The van der Waals surface area contributed by atoms with E-state index < -0.39 is 0 Å². The van der Waals surface area contributed by atoms with Crippen molar-refractivity contribution in [2.45, 2.75) is 19.9 Å². The second-order valence-corrected chi connectivity index (χ2v) is 6.90. The van der Waals surface area contributed by atoms with Crippen LogP contribution in [-0.4, -0.2) is 48.4 Å². The molecule has 1 amide bonds. The number of anilines is 1. The standard InChI is InChI=1S/C21H26FN3O/c1-17-5-2-3-6-20(17)23-21(26)16-25-12-4-11-24(13-14-25)15-18-7-9-19(22)10-8-18/h2-3,5-10H,4,11-16H2,1H3,(H,23,26). The van der Waals surface area contributed by atoms with Crippen molar-refractivity contribution in [2.75, 3.05) is 38.0 Å². The molecule has 0 radical (unpaired) electrons. The Morgan fingerprint density at radius 2 is 1.69 bits per heavy atom. The van der Waals surface area contributed by atoms with E-state index in [1.54, 1.807) is 0 Å². The van der Waals surface area contributed by atoms with E-state index in [1.807, 2.05) is 43.3 Å². The molecule has 0 spiro atoms. The maximum atomic E-state index is 13.0. The molecule has 2 aromatic rings. The third-order valence-electron chi connectivity index (χ3n) is 4.79. The van der Waals surface area contributed by atoms with E-state index in [1.165, 1.54) is 12.1 Å². The van der Waals surface area contributed by atoms with Gasteiger partial charge in [-0.3, -0.25) is 14.6 Å². The topological polar surface area (TPSA) is 35.6 Å². The highest BCUT2D eigenvalue weighted by atomic mass is 19.1. The van der Waals surface area contributed by atoms with Gasteiger partial charge in [-0.2, -0.15) is 0 Å². The van der Waals surface area contributed by atoms with E-state index in [0.29, 0.717) is 6.54 Å². The molecule has 3 rings (SSSR count). The van der Waals surface area contributed by atoms with Gasteiger partial charge in [0.25, 0.3) is 0 Å². The lowest BCUT2D eigenvalue weighted by Gasteiger charge is -2.21.